The van der Waals surface area contributed by atoms with Gasteiger partial charge in [0.1, 0.15) is 18.3 Å². The van der Waals surface area contributed by atoms with Crippen LogP contribution in [0.4, 0.5) is 0 Å². The Hall–Kier alpha value is -2.01. The summed E-state index contributed by atoms with van der Waals surface area (Å²) in [5, 5.41) is 26.0. The molecule has 32 heavy (non-hydrogen) atoms. The van der Waals surface area contributed by atoms with Gasteiger partial charge in [0.05, 0.1) is 11.6 Å². The monoisotopic (exact) mass is 529 g/mol. The summed E-state index contributed by atoms with van der Waals surface area (Å²) < 4.78 is 2.82. The number of nitrogens with zero attached hydrogens (tertiary/aromatic N) is 6. The molecule has 8 nitrogen and oxygen atoms in total. The van der Waals surface area contributed by atoms with E-state index >= 15 is 0 Å². The van der Waals surface area contributed by atoms with Gasteiger partial charge in [-0.25, -0.2) is 14.3 Å². The lowest BCUT2D eigenvalue weighted by molar-refractivity contribution is 0.0397. The van der Waals surface area contributed by atoms with E-state index in [9.17, 15) is 5.11 Å². The summed E-state index contributed by atoms with van der Waals surface area (Å²) in [6.45, 7) is 0.0932. The third-order valence-corrected chi connectivity index (χ3v) is 6.85. The van der Waals surface area contributed by atoms with E-state index in [2.05, 4.69) is 20.3 Å². The van der Waals surface area contributed by atoms with E-state index in [0.29, 0.717) is 42.2 Å². The second-order valence-corrected chi connectivity index (χ2v) is 9.47. The van der Waals surface area contributed by atoms with Crippen molar-refractivity contribution in [3.05, 3.63) is 74.7 Å². The molecular weight excluding hydrogens is 516 g/mol. The highest BCUT2D eigenvalue weighted by Crippen LogP contribution is 2.37. The van der Waals surface area contributed by atoms with E-state index in [-0.39, 0.29) is 12.3 Å². The molecule has 0 spiro atoms. The van der Waals surface area contributed by atoms with E-state index in [1.54, 1.807) is 36.4 Å². The SMILES string of the molecule is Nn1c(SCC(O)(Cn2cncn2)c2ccc(Cl)cc2Cl)nnc1-c1ccc(Cl)cc1Cl. The molecule has 2 aromatic heterocycles. The molecule has 13 heteroatoms. The van der Waals surface area contributed by atoms with Crippen LogP contribution in [0.1, 0.15) is 5.56 Å². The Balaban J connectivity index is 1.63. The summed E-state index contributed by atoms with van der Waals surface area (Å²) in [4.78, 5) is 3.93. The predicted molar refractivity (Wildman–Crippen MR) is 127 cm³/mol. The molecule has 0 radical (unpaired) electrons. The molecule has 1 unspecified atom stereocenters. The number of hydrogen-bond acceptors (Lipinski definition) is 7. The number of thioether (sulfide) groups is 1. The molecule has 0 saturated heterocycles. The highest BCUT2D eigenvalue weighted by Gasteiger charge is 2.34. The van der Waals surface area contributed by atoms with Crippen molar-refractivity contribution in [2.75, 3.05) is 11.6 Å². The first-order valence-electron chi connectivity index (χ1n) is 9.06. The van der Waals surface area contributed by atoms with Crippen LogP contribution in [0.3, 0.4) is 0 Å². The molecule has 0 saturated carbocycles. The fourth-order valence-corrected chi connectivity index (χ4v) is 5.09. The molecule has 0 bridgehead atoms. The van der Waals surface area contributed by atoms with Crippen LogP contribution in [0.25, 0.3) is 11.4 Å². The molecule has 166 valence electrons. The zero-order valence-electron chi connectivity index (χ0n) is 16.2. The molecule has 2 heterocycles. The summed E-state index contributed by atoms with van der Waals surface area (Å²) >= 11 is 25.9. The van der Waals surface area contributed by atoms with E-state index in [1.807, 2.05) is 0 Å². The van der Waals surface area contributed by atoms with E-state index < -0.39 is 5.60 Å². The van der Waals surface area contributed by atoms with Gasteiger partial charge >= 0.3 is 0 Å². The highest BCUT2D eigenvalue weighted by atomic mass is 35.5. The fraction of sp³-hybridized carbons (Fsp3) is 0.158. The lowest BCUT2D eigenvalue weighted by Gasteiger charge is -2.29. The van der Waals surface area contributed by atoms with Gasteiger partial charge in [-0.1, -0.05) is 64.2 Å². The second kappa shape index (κ2) is 9.46. The summed E-state index contributed by atoms with van der Waals surface area (Å²) in [5.74, 6) is 6.72. The zero-order chi connectivity index (χ0) is 22.9. The third kappa shape index (κ3) is 4.83. The van der Waals surface area contributed by atoms with Gasteiger partial charge in [-0.15, -0.1) is 10.2 Å². The molecule has 4 aromatic rings. The third-order valence-electron chi connectivity index (χ3n) is 4.60. The Labute approximate surface area is 207 Å². The standard InChI is InChI=1S/C19H15Cl4N7OS/c20-11-1-3-13(15(22)5-11)17-27-28-18(30(17)24)32-8-19(31,7-29-10-25-9-26-29)14-4-2-12(21)6-16(14)23/h1-6,9-10,31H,7-8,24H2. The first-order valence-corrected chi connectivity index (χ1v) is 11.6. The summed E-state index contributed by atoms with van der Waals surface area (Å²) in [7, 11) is 0. The van der Waals surface area contributed by atoms with Crippen LogP contribution in [0.2, 0.25) is 20.1 Å². The van der Waals surface area contributed by atoms with Crippen molar-refractivity contribution in [1.29, 1.82) is 0 Å². The van der Waals surface area contributed by atoms with Crippen molar-refractivity contribution in [3.63, 3.8) is 0 Å². The number of halogens is 4. The van der Waals surface area contributed by atoms with Gasteiger partial charge in [0.25, 0.3) is 0 Å². The van der Waals surface area contributed by atoms with Crippen LogP contribution >= 0.6 is 58.2 Å². The maximum absolute atomic E-state index is 11.6. The van der Waals surface area contributed by atoms with Crippen LogP contribution in [0.5, 0.6) is 0 Å². The lowest BCUT2D eigenvalue weighted by atomic mass is 9.95. The highest BCUT2D eigenvalue weighted by molar-refractivity contribution is 7.99. The Bertz CT molecular complexity index is 1250. The number of nitrogens with two attached hydrogens (primary N) is 1. The van der Waals surface area contributed by atoms with Crippen LogP contribution in [-0.2, 0) is 12.1 Å². The molecular formula is C19H15Cl4N7OS. The van der Waals surface area contributed by atoms with Gasteiger partial charge < -0.3 is 10.9 Å². The first-order chi connectivity index (χ1) is 15.3. The molecule has 0 aliphatic heterocycles. The van der Waals surface area contributed by atoms with Crippen LogP contribution in [-0.4, -0.2) is 40.5 Å². The van der Waals surface area contributed by atoms with Crippen molar-refractivity contribution < 1.29 is 5.11 Å². The minimum Gasteiger partial charge on any atom is -0.382 e. The molecule has 0 fully saturated rings. The van der Waals surface area contributed by atoms with Gasteiger partial charge in [0, 0.05) is 31.9 Å². The average molecular weight is 531 g/mol. The van der Waals surface area contributed by atoms with Crippen molar-refractivity contribution in [2.24, 2.45) is 0 Å². The van der Waals surface area contributed by atoms with Crippen LogP contribution in [0, 0.1) is 0 Å². The second-order valence-electron chi connectivity index (χ2n) is 6.84. The molecule has 2 aromatic carbocycles. The number of nitrogen functional groups attached to an aromatic ring is 1. The van der Waals surface area contributed by atoms with Gasteiger partial charge in [0.2, 0.25) is 5.16 Å². The molecule has 1 atom stereocenters. The maximum atomic E-state index is 11.6. The van der Waals surface area contributed by atoms with Crippen LogP contribution < -0.4 is 5.84 Å². The van der Waals surface area contributed by atoms with Crippen molar-refractivity contribution in [3.8, 4) is 11.4 Å². The van der Waals surface area contributed by atoms with Gasteiger partial charge in [-0.05, 0) is 30.3 Å². The number of aliphatic hydroxyl groups is 1. The quantitative estimate of drug-likeness (QED) is 0.266. The predicted octanol–water partition coefficient (Wildman–Crippen LogP) is 4.54. The summed E-state index contributed by atoms with van der Waals surface area (Å²) in [6.07, 6.45) is 2.89. The first kappa shape index (κ1) is 23.2. The Morgan fingerprint density at radius 3 is 2.38 bits per heavy atom. The van der Waals surface area contributed by atoms with E-state index in [1.165, 1.54) is 33.8 Å². The van der Waals surface area contributed by atoms with E-state index in [4.69, 9.17) is 52.2 Å². The van der Waals surface area contributed by atoms with Gasteiger partial charge in [0.15, 0.2) is 5.82 Å². The number of rotatable bonds is 7. The maximum Gasteiger partial charge on any atom is 0.210 e. The minimum atomic E-state index is -1.44. The lowest BCUT2D eigenvalue weighted by Crippen LogP contribution is -2.35. The smallest absolute Gasteiger partial charge is 0.210 e. The molecule has 0 aliphatic carbocycles. The summed E-state index contributed by atoms with van der Waals surface area (Å²) in [6, 6.07) is 9.89. The van der Waals surface area contributed by atoms with Crippen LogP contribution in [0.15, 0.2) is 54.2 Å². The molecule has 0 amide bonds. The topological polar surface area (TPSA) is 108 Å². The molecule has 0 aliphatic rings. The number of benzene rings is 2. The largest absolute Gasteiger partial charge is 0.382 e. The molecule has 3 N–H and O–H groups in total. The summed E-state index contributed by atoms with van der Waals surface area (Å²) in [5.41, 5.74) is -0.378. The zero-order valence-corrected chi connectivity index (χ0v) is 20.0. The molecule has 4 rings (SSSR count). The van der Waals surface area contributed by atoms with Crippen molar-refractivity contribution in [1.82, 2.24) is 29.6 Å². The van der Waals surface area contributed by atoms with Gasteiger partial charge in [-0.3, -0.25) is 0 Å². The fourth-order valence-electron chi connectivity index (χ4n) is 3.07. The Morgan fingerprint density at radius 1 is 1.00 bits per heavy atom. The number of hydrogen-bond donors (Lipinski definition) is 2. The normalized spacial score (nSPS) is 13.3. The Morgan fingerprint density at radius 2 is 1.72 bits per heavy atom. The van der Waals surface area contributed by atoms with Gasteiger partial charge in [-0.2, -0.15) is 5.10 Å². The van der Waals surface area contributed by atoms with E-state index in [0.717, 1.165) is 0 Å². The minimum absolute atomic E-state index is 0.0932. The van der Waals surface area contributed by atoms with Crippen molar-refractivity contribution >= 4 is 58.2 Å². The Kier molecular flexibility index (Phi) is 6.85. The number of aromatic nitrogens is 6. The van der Waals surface area contributed by atoms with Crippen molar-refractivity contribution in [2.45, 2.75) is 17.3 Å². The average Bonchev–Trinajstić information content (AvgIpc) is 3.36.